The predicted octanol–water partition coefficient (Wildman–Crippen LogP) is 1.93. The van der Waals surface area contributed by atoms with E-state index >= 15 is 0 Å². The van der Waals surface area contributed by atoms with Crippen LogP contribution in [0.5, 0.6) is 5.75 Å². The van der Waals surface area contributed by atoms with Gasteiger partial charge in [-0.05, 0) is 26.0 Å². The Labute approximate surface area is 77.2 Å². The van der Waals surface area contributed by atoms with Gasteiger partial charge in [0.25, 0.3) is 0 Å². The summed E-state index contributed by atoms with van der Waals surface area (Å²) in [5.41, 5.74) is 4.04. The molecule has 0 aliphatic rings. The first kappa shape index (κ1) is 9.99. The second-order valence-electron chi connectivity index (χ2n) is 3.25. The summed E-state index contributed by atoms with van der Waals surface area (Å²) >= 11 is 0. The number of hydrogen-bond donors (Lipinski definition) is 2. The number of rotatable bonds is 3. The number of aromatic hydroxyl groups is 1. The van der Waals surface area contributed by atoms with Gasteiger partial charge >= 0.3 is 0 Å². The molecule has 72 valence electrons. The zero-order valence-electron chi connectivity index (χ0n) is 7.63. The summed E-state index contributed by atoms with van der Waals surface area (Å²) in [5, 5.41) is 9.39. The highest BCUT2D eigenvalue weighted by atomic mass is 19.1. The molecule has 0 aromatic heterocycles. The largest absolute Gasteiger partial charge is 0.508 e. The molecule has 1 rings (SSSR count). The zero-order chi connectivity index (χ0) is 9.90. The maximum Gasteiger partial charge on any atom is 0.138 e. The summed E-state index contributed by atoms with van der Waals surface area (Å²) in [5.74, 6) is -0.0130. The van der Waals surface area contributed by atoms with E-state index in [0.717, 1.165) is 0 Å². The van der Waals surface area contributed by atoms with E-state index in [1.165, 1.54) is 13.0 Å². The standard InChI is InChI=1S/C10H14FNO/c1-10(11,6-7-12)8-4-2-3-5-9(8)13/h2-5,13H,6-7,12H2,1H3. The summed E-state index contributed by atoms with van der Waals surface area (Å²) in [6.45, 7) is 1.69. The lowest BCUT2D eigenvalue weighted by molar-refractivity contribution is 0.175. The van der Waals surface area contributed by atoms with Gasteiger partial charge in [0.2, 0.25) is 0 Å². The van der Waals surface area contributed by atoms with Crippen molar-refractivity contribution >= 4 is 0 Å². The number of alkyl halides is 1. The second kappa shape index (κ2) is 3.75. The maximum atomic E-state index is 13.8. The molecule has 13 heavy (non-hydrogen) atoms. The molecular weight excluding hydrogens is 169 g/mol. The van der Waals surface area contributed by atoms with Crippen LogP contribution in [-0.2, 0) is 5.67 Å². The van der Waals surface area contributed by atoms with Crippen LogP contribution < -0.4 is 5.73 Å². The third-order valence-electron chi connectivity index (χ3n) is 2.08. The topological polar surface area (TPSA) is 46.2 Å². The molecule has 0 fully saturated rings. The van der Waals surface area contributed by atoms with Gasteiger partial charge in [-0.2, -0.15) is 0 Å². The molecule has 0 aliphatic heterocycles. The molecule has 2 nitrogen and oxygen atoms in total. The highest BCUT2D eigenvalue weighted by Gasteiger charge is 2.27. The zero-order valence-corrected chi connectivity index (χ0v) is 7.63. The van der Waals surface area contributed by atoms with Crippen LogP contribution in [-0.4, -0.2) is 11.7 Å². The number of benzene rings is 1. The molecule has 0 bridgehead atoms. The SMILES string of the molecule is CC(F)(CCN)c1ccccc1O. The number of phenols is 1. The first-order chi connectivity index (χ1) is 6.08. The number of para-hydroxylation sites is 1. The average Bonchev–Trinajstić information content (AvgIpc) is 2.04. The second-order valence-corrected chi connectivity index (χ2v) is 3.25. The summed E-state index contributed by atoms with van der Waals surface area (Å²) in [7, 11) is 0. The minimum Gasteiger partial charge on any atom is -0.508 e. The van der Waals surface area contributed by atoms with Crippen molar-refractivity contribution in [3.05, 3.63) is 29.8 Å². The number of nitrogens with two attached hydrogens (primary N) is 1. The van der Waals surface area contributed by atoms with E-state index in [9.17, 15) is 9.50 Å². The Kier molecular flexibility index (Phi) is 2.88. The molecule has 3 heteroatoms. The fourth-order valence-electron chi connectivity index (χ4n) is 1.32. The lowest BCUT2D eigenvalue weighted by Gasteiger charge is -2.20. The number of phenolic OH excluding ortho intramolecular Hbond substituents is 1. The van der Waals surface area contributed by atoms with Crippen molar-refractivity contribution in [1.82, 2.24) is 0 Å². The van der Waals surface area contributed by atoms with Gasteiger partial charge in [-0.3, -0.25) is 0 Å². The van der Waals surface area contributed by atoms with Crippen molar-refractivity contribution in [3.8, 4) is 5.75 Å². The van der Waals surface area contributed by atoms with E-state index in [1.54, 1.807) is 18.2 Å². The number of halogens is 1. The molecule has 0 aliphatic carbocycles. The van der Waals surface area contributed by atoms with Gasteiger partial charge in [-0.15, -0.1) is 0 Å². The predicted molar refractivity (Wildman–Crippen MR) is 50.2 cm³/mol. The molecule has 0 spiro atoms. The van der Waals surface area contributed by atoms with Crippen LogP contribution in [0.3, 0.4) is 0 Å². The van der Waals surface area contributed by atoms with Gasteiger partial charge < -0.3 is 10.8 Å². The monoisotopic (exact) mass is 183 g/mol. The highest BCUT2D eigenvalue weighted by Crippen LogP contribution is 2.34. The molecule has 0 saturated carbocycles. The Bertz CT molecular complexity index is 286. The molecular formula is C10H14FNO. The van der Waals surface area contributed by atoms with E-state index in [-0.39, 0.29) is 18.7 Å². The summed E-state index contributed by atoms with van der Waals surface area (Å²) in [4.78, 5) is 0. The Morgan fingerprint density at radius 2 is 2.08 bits per heavy atom. The van der Waals surface area contributed by atoms with Gasteiger partial charge in [-0.1, -0.05) is 18.2 Å². The van der Waals surface area contributed by atoms with Crippen LogP contribution in [0, 0.1) is 0 Å². The quantitative estimate of drug-likeness (QED) is 0.752. The Hall–Kier alpha value is -1.09. The fourth-order valence-corrected chi connectivity index (χ4v) is 1.32. The van der Waals surface area contributed by atoms with E-state index in [4.69, 9.17) is 5.73 Å². The van der Waals surface area contributed by atoms with Crippen molar-refractivity contribution in [2.75, 3.05) is 6.54 Å². The van der Waals surface area contributed by atoms with Gasteiger partial charge in [0.05, 0.1) is 0 Å². The molecule has 3 N–H and O–H groups in total. The number of hydrogen-bond acceptors (Lipinski definition) is 2. The van der Waals surface area contributed by atoms with Crippen molar-refractivity contribution in [2.45, 2.75) is 19.0 Å². The summed E-state index contributed by atoms with van der Waals surface area (Å²) in [6.07, 6.45) is 0.213. The van der Waals surface area contributed by atoms with Crippen molar-refractivity contribution in [3.63, 3.8) is 0 Å². The molecule has 1 unspecified atom stereocenters. The van der Waals surface area contributed by atoms with Crippen molar-refractivity contribution in [1.29, 1.82) is 0 Å². The average molecular weight is 183 g/mol. The van der Waals surface area contributed by atoms with Crippen LogP contribution in [0.25, 0.3) is 0 Å². The van der Waals surface area contributed by atoms with Crippen LogP contribution in [0.4, 0.5) is 4.39 Å². The molecule has 1 aromatic rings. The van der Waals surface area contributed by atoms with Gasteiger partial charge in [0, 0.05) is 5.56 Å². The molecule has 0 heterocycles. The minimum atomic E-state index is -1.54. The van der Waals surface area contributed by atoms with E-state index in [2.05, 4.69) is 0 Å². The third kappa shape index (κ3) is 2.18. The lowest BCUT2D eigenvalue weighted by Crippen LogP contribution is -2.20. The maximum absolute atomic E-state index is 13.8. The van der Waals surface area contributed by atoms with Crippen LogP contribution in [0.2, 0.25) is 0 Å². The highest BCUT2D eigenvalue weighted by molar-refractivity contribution is 5.36. The van der Waals surface area contributed by atoms with Crippen LogP contribution in [0.1, 0.15) is 18.9 Å². The molecule has 1 atom stereocenters. The summed E-state index contributed by atoms with van der Waals surface area (Å²) < 4.78 is 13.8. The third-order valence-corrected chi connectivity index (χ3v) is 2.08. The normalized spacial score (nSPS) is 15.3. The molecule has 0 radical (unpaired) electrons. The van der Waals surface area contributed by atoms with E-state index in [0.29, 0.717) is 5.56 Å². The molecule has 0 amide bonds. The Morgan fingerprint density at radius 3 is 2.62 bits per heavy atom. The first-order valence-electron chi connectivity index (χ1n) is 4.25. The minimum absolute atomic E-state index is 0.0130. The van der Waals surface area contributed by atoms with Crippen molar-refractivity contribution in [2.24, 2.45) is 5.73 Å². The van der Waals surface area contributed by atoms with Gasteiger partial charge in [-0.25, -0.2) is 4.39 Å². The van der Waals surface area contributed by atoms with Gasteiger partial charge in [0.1, 0.15) is 11.4 Å². The Balaban J connectivity index is 2.99. The smallest absolute Gasteiger partial charge is 0.138 e. The molecule has 1 aromatic carbocycles. The van der Waals surface area contributed by atoms with E-state index in [1.807, 2.05) is 0 Å². The van der Waals surface area contributed by atoms with Crippen LogP contribution in [0.15, 0.2) is 24.3 Å². The first-order valence-corrected chi connectivity index (χ1v) is 4.25. The lowest BCUT2D eigenvalue weighted by atomic mass is 9.94. The molecule has 0 saturated heterocycles. The van der Waals surface area contributed by atoms with Crippen molar-refractivity contribution < 1.29 is 9.50 Å². The summed E-state index contributed by atoms with van der Waals surface area (Å²) in [6, 6.07) is 6.41. The Morgan fingerprint density at radius 1 is 1.46 bits per heavy atom. The fraction of sp³-hybridized carbons (Fsp3) is 0.400. The van der Waals surface area contributed by atoms with E-state index < -0.39 is 5.67 Å². The van der Waals surface area contributed by atoms with Crippen LogP contribution >= 0.6 is 0 Å². The van der Waals surface area contributed by atoms with Gasteiger partial charge in [0.15, 0.2) is 0 Å².